The number of hydrogen-bond donors (Lipinski definition) is 1. The fourth-order valence-corrected chi connectivity index (χ4v) is 3.81. The van der Waals surface area contributed by atoms with Crippen molar-refractivity contribution in [3.8, 4) is 0 Å². The Labute approximate surface area is 161 Å². The summed E-state index contributed by atoms with van der Waals surface area (Å²) in [6, 6.07) is 0.730. The number of alkyl halides is 2. The van der Waals surface area contributed by atoms with Gasteiger partial charge in [-0.05, 0) is 33.8 Å². The summed E-state index contributed by atoms with van der Waals surface area (Å²) in [5, 5.41) is 3.95. The average molecular weight is 416 g/mol. The number of amides is 1. The number of aryl methyl sites for hydroxylation is 2. The number of nitrogens with one attached hydrogen (secondary N) is 1. The Balaban J connectivity index is 1.95. The summed E-state index contributed by atoms with van der Waals surface area (Å²) in [5.41, 5.74) is 1.72. The summed E-state index contributed by atoms with van der Waals surface area (Å²) in [7, 11) is 0. The number of aromatic nitrogens is 4. The van der Waals surface area contributed by atoms with E-state index < -0.39 is 29.6 Å². The van der Waals surface area contributed by atoms with Crippen molar-refractivity contribution >= 4 is 39.1 Å². The van der Waals surface area contributed by atoms with Gasteiger partial charge in [-0.25, -0.2) is 18.4 Å². The standard InChI is InChI=1S/C16H16ClF2N5O2S/c1-6-5-10-15(27-6)20-9(4)24(16(10)26)22-14(25)8(3)23-7(2)11(17)12(21-23)13(18)19/h5,8,13H,1-4H3,(H,22,25). The molecule has 144 valence electrons. The first-order valence-corrected chi connectivity index (χ1v) is 9.14. The molecule has 3 heterocycles. The summed E-state index contributed by atoms with van der Waals surface area (Å²) >= 11 is 7.26. The van der Waals surface area contributed by atoms with Gasteiger partial charge in [-0.1, -0.05) is 11.6 Å². The van der Waals surface area contributed by atoms with Crippen LogP contribution >= 0.6 is 22.9 Å². The maximum absolute atomic E-state index is 13.0. The first-order valence-electron chi connectivity index (χ1n) is 7.95. The van der Waals surface area contributed by atoms with Gasteiger partial charge >= 0.3 is 0 Å². The molecule has 7 nitrogen and oxygen atoms in total. The van der Waals surface area contributed by atoms with Crippen molar-refractivity contribution in [1.82, 2.24) is 19.4 Å². The fraction of sp³-hybridized carbons (Fsp3) is 0.375. The second kappa shape index (κ2) is 7.01. The van der Waals surface area contributed by atoms with Gasteiger partial charge in [-0.2, -0.15) is 5.10 Å². The lowest BCUT2D eigenvalue weighted by molar-refractivity contribution is -0.120. The van der Waals surface area contributed by atoms with E-state index in [9.17, 15) is 18.4 Å². The number of fused-ring (bicyclic) bond motifs is 1. The molecule has 1 amide bonds. The summed E-state index contributed by atoms with van der Waals surface area (Å²) in [5.74, 6) is -0.310. The number of nitrogens with zero attached hydrogens (tertiary/aromatic N) is 4. The molecule has 0 spiro atoms. The smallest absolute Gasteiger partial charge is 0.271 e. The van der Waals surface area contributed by atoms with Crippen LogP contribution in [0.1, 0.15) is 41.5 Å². The normalized spacial score (nSPS) is 12.7. The van der Waals surface area contributed by atoms with E-state index in [1.165, 1.54) is 25.2 Å². The molecule has 3 rings (SSSR count). The van der Waals surface area contributed by atoms with Crippen molar-refractivity contribution in [3.63, 3.8) is 0 Å². The highest BCUT2D eigenvalue weighted by Gasteiger charge is 2.26. The van der Waals surface area contributed by atoms with Gasteiger partial charge in [0, 0.05) is 4.88 Å². The Bertz CT molecular complexity index is 1100. The van der Waals surface area contributed by atoms with Crippen LogP contribution in [0.15, 0.2) is 10.9 Å². The van der Waals surface area contributed by atoms with Crippen LogP contribution in [0.3, 0.4) is 0 Å². The van der Waals surface area contributed by atoms with Crippen molar-refractivity contribution in [2.45, 2.75) is 40.2 Å². The number of carbonyl (C=O) groups is 1. The van der Waals surface area contributed by atoms with Crippen LogP contribution in [0, 0.1) is 20.8 Å². The van der Waals surface area contributed by atoms with Crippen molar-refractivity contribution < 1.29 is 13.6 Å². The average Bonchev–Trinajstić information content (AvgIpc) is 3.11. The molecule has 0 aliphatic rings. The lowest BCUT2D eigenvalue weighted by Gasteiger charge is -2.16. The van der Waals surface area contributed by atoms with Crippen LogP contribution in [0.5, 0.6) is 0 Å². The molecule has 0 saturated carbocycles. The quantitative estimate of drug-likeness (QED) is 0.707. The van der Waals surface area contributed by atoms with E-state index in [4.69, 9.17) is 11.6 Å². The predicted octanol–water partition coefficient (Wildman–Crippen LogP) is 3.50. The highest BCUT2D eigenvalue weighted by molar-refractivity contribution is 7.18. The lowest BCUT2D eigenvalue weighted by atomic mass is 10.3. The highest BCUT2D eigenvalue weighted by Crippen LogP contribution is 2.30. The van der Waals surface area contributed by atoms with Gasteiger partial charge in [-0.15, -0.1) is 11.3 Å². The third-order valence-corrected chi connectivity index (χ3v) is 5.54. The summed E-state index contributed by atoms with van der Waals surface area (Å²) in [4.78, 5) is 31.1. The third kappa shape index (κ3) is 3.34. The Morgan fingerprint density at radius 3 is 2.59 bits per heavy atom. The zero-order valence-electron chi connectivity index (χ0n) is 14.9. The molecule has 1 atom stereocenters. The largest absolute Gasteiger partial charge is 0.283 e. The van der Waals surface area contributed by atoms with E-state index in [0.717, 1.165) is 14.2 Å². The van der Waals surface area contributed by atoms with Gasteiger partial charge in [0.1, 0.15) is 22.4 Å². The molecule has 0 radical (unpaired) electrons. The summed E-state index contributed by atoms with van der Waals surface area (Å²) in [6.07, 6.45) is -2.86. The van der Waals surface area contributed by atoms with Gasteiger partial charge in [0.2, 0.25) is 0 Å². The molecular formula is C16H16ClF2N5O2S. The second-order valence-electron chi connectivity index (χ2n) is 6.06. The van der Waals surface area contributed by atoms with Gasteiger partial charge in [-0.3, -0.25) is 19.7 Å². The van der Waals surface area contributed by atoms with E-state index in [-0.39, 0.29) is 10.7 Å². The molecule has 0 aliphatic carbocycles. The number of carbonyl (C=O) groups excluding carboxylic acids is 1. The van der Waals surface area contributed by atoms with Crippen molar-refractivity contribution in [1.29, 1.82) is 0 Å². The van der Waals surface area contributed by atoms with Crippen LogP contribution < -0.4 is 11.0 Å². The molecule has 0 aromatic carbocycles. The lowest BCUT2D eigenvalue weighted by Crippen LogP contribution is -2.38. The first-order chi connectivity index (χ1) is 12.6. The van der Waals surface area contributed by atoms with Gasteiger partial charge in [0.25, 0.3) is 17.9 Å². The topological polar surface area (TPSA) is 81.8 Å². The van der Waals surface area contributed by atoms with Crippen molar-refractivity contribution in [3.05, 3.63) is 43.5 Å². The molecule has 3 aromatic heterocycles. The predicted molar refractivity (Wildman–Crippen MR) is 99.4 cm³/mol. The Morgan fingerprint density at radius 1 is 1.33 bits per heavy atom. The van der Waals surface area contributed by atoms with Crippen LogP contribution in [-0.2, 0) is 4.79 Å². The molecule has 27 heavy (non-hydrogen) atoms. The van der Waals surface area contributed by atoms with E-state index in [1.54, 1.807) is 13.0 Å². The SMILES string of the molecule is Cc1cc2c(=O)n(NC(=O)C(C)n3nc(C(F)F)c(Cl)c3C)c(C)nc2s1. The van der Waals surface area contributed by atoms with E-state index >= 15 is 0 Å². The number of hydrogen-bond acceptors (Lipinski definition) is 5. The number of halogens is 3. The van der Waals surface area contributed by atoms with Gasteiger partial charge in [0.15, 0.2) is 0 Å². The van der Waals surface area contributed by atoms with Gasteiger partial charge < -0.3 is 0 Å². The third-order valence-electron chi connectivity index (χ3n) is 4.13. The zero-order valence-corrected chi connectivity index (χ0v) is 16.5. The summed E-state index contributed by atoms with van der Waals surface area (Å²) < 4.78 is 28.1. The fourth-order valence-electron chi connectivity index (χ4n) is 2.69. The number of rotatable bonds is 4. The molecule has 11 heteroatoms. The van der Waals surface area contributed by atoms with Crippen LogP contribution in [0.4, 0.5) is 8.78 Å². The van der Waals surface area contributed by atoms with Crippen molar-refractivity contribution in [2.24, 2.45) is 0 Å². The first kappa shape index (κ1) is 19.4. The second-order valence-corrected chi connectivity index (χ2v) is 7.67. The Hall–Kier alpha value is -2.33. The molecule has 0 bridgehead atoms. The maximum atomic E-state index is 13.0. The van der Waals surface area contributed by atoms with Crippen LogP contribution in [-0.4, -0.2) is 25.3 Å². The van der Waals surface area contributed by atoms with E-state index in [2.05, 4.69) is 15.5 Å². The molecule has 0 fully saturated rings. The molecule has 3 aromatic rings. The minimum absolute atomic E-state index is 0.185. The monoisotopic (exact) mass is 415 g/mol. The Morgan fingerprint density at radius 2 is 2.00 bits per heavy atom. The molecule has 0 aliphatic heterocycles. The van der Waals surface area contributed by atoms with Crippen LogP contribution in [0.2, 0.25) is 5.02 Å². The Kier molecular flexibility index (Phi) is 5.04. The van der Waals surface area contributed by atoms with E-state index in [1.807, 2.05) is 6.92 Å². The highest BCUT2D eigenvalue weighted by atomic mass is 35.5. The van der Waals surface area contributed by atoms with Crippen molar-refractivity contribution in [2.75, 3.05) is 5.43 Å². The van der Waals surface area contributed by atoms with Crippen LogP contribution in [0.25, 0.3) is 10.2 Å². The number of thiophene rings is 1. The van der Waals surface area contributed by atoms with E-state index in [0.29, 0.717) is 16.0 Å². The minimum Gasteiger partial charge on any atom is -0.271 e. The molecule has 0 saturated heterocycles. The minimum atomic E-state index is -2.86. The maximum Gasteiger partial charge on any atom is 0.283 e. The zero-order chi connectivity index (χ0) is 20.0. The molecule has 1 unspecified atom stereocenters. The van der Waals surface area contributed by atoms with Gasteiger partial charge in [0.05, 0.1) is 16.1 Å². The molecular weight excluding hydrogens is 400 g/mol. The summed E-state index contributed by atoms with van der Waals surface area (Å²) in [6.45, 7) is 6.41. The molecule has 1 N–H and O–H groups in total.